The van der Waals surface area contributed by atoms with E-state index in [1.807, 2.05) is 0 Å². The Kier molecular flexibility index (Phi) is 4.70. The van der Waals surface area contributed by atoms with Crippen LogP contribution in [0.1, 0.15) is 17.4 Å². The van der Waals surface area contributed by atoms with Crippen LogP contribution >= 0.6 is 22.9 Å². The van der Waals surface area contributed by atoms with Gasteiger partial charge in [0.1, 0.15) is 9.90 Å². The van der Waals surface area contributed by atoms with Crippen molar-refractivity contribution >= 4 is 43.9 Å². The smallest absolute Gasteiger partial charge is 0.360 e. The average Bonchev–Trinajstić information content (AvgIpc) is 2.87. The van der Waals surface area contributed by atoms with Crippen LogP contribution in [0.15, 0.2) is 22.8 Å². The summed E-state index contributed by atoms with van der Waals surface area (Å²) in [5.41, 5.74) is 1.24. The number of nitrogens with zero attached hydrogens (tertiary/aromatic N) is 3. The number of aromatic nitrogens is 3. The second kappa shape index (κ2) is 6.33. The average molecular weight is 349 g/mol. The molecule has 0 bridgehead atoms. The van der Waals surface area contributed by atoms with Gasteiger partial charge in [-0.05, 0) is 18.5 Å². The summed E-state index contributed by atoms with van der Waals surface area (Å²) in [6.07, 6.45) is 2.12. The Morgan fingerprint density at radius 3 is 2.67 bits per heavy atom. The van der Waals surface area contributed by atoms with Crippen LogP contribution in [-0.4, -0.2) is 35.9 Å². The Morgan fingerprint density at radius 2 is 2.05 bits per heavy atom. The van der Waals surface area contributed by atoms with E-state index in [0.29, 0.717) is 0 Å². The summed E-state index contributed by atoms with van der Waals surface area (Å²) in [6, 6.07) is 0. The molecule has 0 unspecified atom stereocenters. The van der Waals surface area contributed by atoms with E-state index < -0.39 is 16.0 Å². The molecular weight excluding hydrogens is 340 g/mol. The van der Waals surface area contributed by atoms with Crippen molar-refractivity contribution < 1.29 is 17.9 Å². The summed E-state index contributed by atoms with van der Waals surface area (Å²) in [5.74, 6) is -0.705. The normalized spacial score (nSPS) is 11.1. The highest BCUT2D eigenvalue weighted by Gasteiger charge is 2.22. The molecule has 0 saturated carbocycles. The third-order valence-corrected chi connectivity index (χ3v) is 4.54. The van der Waals surface area contributed by atoms with Gasteiger partial charge in [0.15, 0.2) is 5.69 Å². The lowest BCUT2D eigenvalue weighted by atomic mass is 10.5. The minimum atomic E-state index is -3.94. The van der Waals surface area contributed by atoms with E-state index in [2.05, 4.69) is 19.7 Å². The maximum atomic E-state index is 12.1. The molecule has 2 heterocycles. The van der Waals surface area contributed by atoms with Crippen LogP contribution in [0.3, 0.4) is 0 Å². The van der Waals surface area contributed by atoms with Gasteiger partial charge < -0.3 is 4.74 Å². The number of hydrogen-bond donors (Lipinski definition) is 1. The molecule has 0 atom stereocenters. The van der Waals surface area contributed by atoms with E-state index in [-0.39, 0.29) is 27.5 Å². The summed E-state index contributed by atoms with van der Waals surface area (Å²) in [5, 5.41) is -0.0117. The molecular formula is C10H9ClN4O4S2. The molecule has 2 aromatic rings. The predicted octanol–water partition coefficient (Wildman–Crippen LogP) is 1.56. The van der Waals surface area contributed by atoms with Gasteiger partial charge in [0, 0.05) is 0 Å². The van der Waals surface area contributed by atoms with Gasteiger partial charge in [-0.3, -0.25) is 4.72 Å². The van der Waals surface area contributed by atoms with Gasteiger partial charge in [0.05, 0.1) is 24.5 Å². The van der Waals surface area contributed by atoms with Crippen LogP contribution in [0.4, 0.5) is 5.00 Å². The van der Waals surface area contributed by atoms with E-state index in [4.69, 9.17) is 16.3 Å². The van der Waals surface area contributed by atoms with Crippen molar-refractivity contribution in [3.63, 3.8) is 0 Å². The van der Waals surface area contributed by atoms with E-state index in [1.54, 1.807) is 6.92 Å². The topological polar surface area (TPSA) is 111 Å². The first-order valence-corrected chi connectivity index (χ1v) is 8.29. The molecule has 0 aliphatic rings. The summed E-state index contributed by atoms with van der Waals surface area (Å²) in [7, 11) is -3.94. The highest BCUT2D eigenvalue weighted by atomic mass is 35.5. The standard InChI is InChI=1S/C10H9ClN4O4S2/c1-2-19-9(16)7-8(20-5-14-7)15-21(17,18)6-3-12-10(11)13-4-6/h3-5,15H,2H2,1H3. The van der Waals surface area contributed by atoms with Crippen LogP contribution in [-0.2, 0) is 14.8 Å². The number of sulfonamides is 1. The second-order valence-corrected chi connectivity index (χ2v) is 6.42. The van der Waals surface area contributed by atoms with Gasteiger partial charge in [-0.2, -0.15) is 0 Å². The van der Waals surface area contributed by atoms with Crippen molar-refractivity contribution in [2.45, 2.75) is 11.8 Å². The van der Waals surface area contributed by atoms with Crippen molar-refractivity contribution in [1.29, 1.82) is 0 Å². The zero-order chi connectivity index (χ0) is 15.5. The van der Waals surface area contributed by atoms with Crippen molar-refractivity contribution in [2.24, 2.45) is 0 Å². The van der Waals surface area contributed by atoms with E-state index >= 15 is 0 Å². The fourth-order valence-electron chi connectivity index (χ4n) is 1.28. The number of carbonyl (C=O) groups is 1. The largest absolute Gasteiger partial charge is 0.461 e. The molecule has 0 aromatic carbocycles. The summed E-state index contributed by atoms with van der Waals surface area (Å²) >= 11 is 6.46. The second-order valence-electron chi connectivity index (χ2n) is 3.54. The Hall–Kier alpha value is -1.78. The Morgan fingerprint density at radius 1 is 1.38 bits per heavy atom. The molecule has 0 radical (unpaired) electrons. The van der Waals surface area contributed by atoms with Gasteiger partial charge in [-0.1, -0.05) is 0 Å². The highest BCUT2D eigenvalue weighted by Crippen LogP contribution is 2.24. The molecule has 11 heteroatoms. The maximum absolute atomic E-state index is 12.1. The molecule has 2 rings (SSSR count). The van der Waals surface area contributed by atoms with Crippen molar-refractivity contribution in [1.82, 2.24) is 15.0 Å². The molecule has 112 valence electrons. The van der Waals surface area contributed by atoms with Crippen LogP contribution in [0.5, 0.6) is 0 Å². The quantitative estimate of drug-likeness (QED) is 0.644. The lowest BCUT2D eigenvalue weighted by Crippen LogP contribution is -2.16. The first-order chi connectivity index (χ1) is 9.94. The molecule has 8 nitrogen and oxygen atoms in total. The first-order valence-electron chi connectivity index (χ1n) is 5.55. The summed E-state index contributed by atoms with van der Waals surface area (Å²) < 4.78 is 31.3. The minimum absolute atomic E-state index is 0.0587. The lowest BCUT2D eigenvalue weighted by Gasteiger charge is -2.06. The molecule has 21 heavy (non-hydrogen) atoms. The minimum Gasteiger partial charge on any atom is -0.461 e. The number of thiazole rings is 1. The summed E-state index contributed by atoms with van der Waals surface area (Å²) in [6.45, 7) is 1.80. The number of anilines is 1. The van der Waals surface area contributed by atoms with Crippen LogP contribution in [0.2, 0.25) is 5.28 Å². The highest BCUT2D eigenvalue weighted by molar-refractivity contribution is 7.93. The number of carbonyl (C=O) groups excluding carboxylic acids is 1. The molecule has 0 aliphatic carbocycles. The predicted molar refractivity (Wildman–Crippen MR) is 75.9 cm³/mol. The first kappa shape index (κ1) is 15.6. The molecule has 0 aliphatic heterocycles. The SMILES string of the molecule is CCOC(=O)c1ncsc1NS(=O)(=O)c1cnc(Cl)nc1. The van der Waals surface area contributed by atoms with Gasteiger partial charge >= 0.3 is 5.97 Å². The van der Waals surface area contributed by atoms with Gasteiger partial charge in [-0.15, -0.1) is 11.3 Å². The number of nitrogens with one attached hydrogen (secondary N) is 1. The van der Waals surface area contributed by atoms with E-state index in [1.165, 1.54) is 5.51 Å². The third kappa shape index (κ3) is 3.65. The zero-order valence-electron chi connectivity index (χ0n) is 10.6. The molecule has 0 spiro atoms. The molecule has 0 amide bonds. The van der Waals surface area contributed by atoms with Gasteiger partial charge in [0.2, 0.25) is 5.28 Å². The Balaban J connectivity index is 2.27. The van der Waals surface area contributed by atoms with Gasteiger partial charge in [-0.25, -0.2) is 28.2 Å². The van der Waals surface area contributed by atoms with E-state index in [9.17, 15) is 13.2 Å². The number of rotatable bonds is 5. The third-order valence-electron chi connectivity index (χ3n) is 2.17. The monoisotopic (exact) mass is 348 g/mol. The van der Waals surface area contributed by atoms with Crippen LogP contribution in [0, 0.1) is 0 Å². The number of hydrogen-bond acceptors (Lipinski definition) is 8. The molecule has 2 aromatic heterocycles. The summed E-state index contributed by atoms with van der Waals surface area (Å²) in [4.78, 5) is 22.4. The fourth-order valence-corrected chi connectivity index (χ4v) is 3.26. The Bertz CT molecular complexity index is 745. The number of halogens is 1. The molecule has 0 fully saturated rings. The lowest BCUT2D eigenvalue weighted by molar-refractivity contribution is 0.0521. The van der Waals surface area contributed by atoms with Crippen molar-refractivity contribution in [2.75, 3.05) is 11.3 Å². The van der Waals surface area contributed by atoms with Gasteiger partial charge in [0.25, 0.3) is 10.0 Å². The number of esters is 1. The van der Waals surface area contributed by atoms with Crippen LogP contribution in [0.25, 0.3) is 0 Å². The number of ether oxygens (including phenoxy) is 1. The Labute approximate surface area is 129 Å². The molecule has 1 N–H and O–H groups in total. The van der Waals surface area contributed by atoms with Crippen LogP contribution < -0.4 is 4.72 Å². The van der Waals surface area contributed by atoms with Crippen molar-refractivity contribution in [3.8, 4) is 0 Å². The van der Waals surface area contributed by atoms with Crippen molar-refractivity contribution in [3.05, 3.63) is 28.9 Å². The fraction of sp³-hybridized carbons (Fsp3) is 0.200. The maximum Gasteiger partial charge on any atom is 0.360 e. The van der Waals surface area contributed by atoms with E-state index in [0.717, 1.165) is 23.7 Å². The zero-order valence-corrected chi connectivity index (χ0v) is 13.0. The molecule has 0 saturated heterocycles.